The third-order valence-corrected chi connectivity index (χ3v) is 3.19. The van der Waals surface area contributed by atoms with E-state index < -0.39 is 0 Å². The van der Waals surface area contributed by atoms with Gasteiger partial charge >= 0.3 is 0 Å². The number of carbonyl (C=O) groups excluding carboxylic acids is 1. The van der Waals surface area contributed by atoms with Gasteiger partial charge in [-0.1, -0.05) is 20.8 Å². The first kappa shape index (κ1) is 12.5. The molecule has 3 unspecified atom stereocenters. The van der Waals surface area contributed by atoms with E-state index in [0.29, 0.717) is 11.8 Å². The minimum atomic E-state index is 0.0347. The molecule has 1 saturated carbocycles. The summed E-state index contributed by atoms with van der Waals surface area (Å²) in [4.78, 5) is 11.9. The van der Waals surface area contributed by atoms with E-state index in [1.54, 1.807) is 0 Å². The molecular formula is C12H24N2O. The van der Waals surface area contributed by atoms with Gasteiger partial charge in [-0.3, -0.25) is 4.79 Å². The van der Waals surface area contributed by atoms with Gasteiger partial charge in [0.25, 0.3) is 0 Å². The van der Waals surface area contributed by atoms with Crippen molar-refractivity contribution < 1.29 is 4.79 Å². The summed E-state index contributed by atoms with van der Waals surface area (Å²) in [7, 11) is 0. The zero-order valence-corrected chi connectivity index (χ0v) is 10.1. The van der Waals surface area contributed by atoms with E-state index in [1.807, 2.05) is 0 Å². The topological polar surface area (TPSA) is 55.1 Å². The highest BCUT2D eigenvalue weighted by Gasteiger charge is 2.31. The Bertz CT molecular complexity index is 216. The summed E-state index contributed by atoms with van der Waals surface area (Å²) in [6.07, 6.45) is 3.10. The number of nitrogens with one attached hydrogen (secondary N) is 1. The molecule has 15 heavy (non-hydrogen) atoms. The first-order valence-corrected chi connectivity index (χ1v) is 6.04. The van der Waals surface area contributed by atoms with Crippen LogP contribution in [0.1, 0.15) is 40.0 Å². The fourth-order valence-electron chi connectivity index (χ4n) is 2.14. The van der Waals surface area contributed by atoms with Crippen molar-refractivity contribution >= 4 is 5.91 Å². The van der Waals surface area contributed by atoms with E-state index in [0.717, 1.165) is 25.8 Å². The van der Waals surface area contributed by atoms with Crippen LogP contribution in [-0.4, -0.2) is 18.5 Å². The Morgan fingerprint density at radius 3 is 2.73 bits per heavy atom. The molecule has 0 radical (unpaired) electrons. The van der Waals surface area contributed by atoms with Crippen LogP contribution in [0.25, 0.3) is 0 Å². The molecule has 3 atom stereocenters. The summed E-state index contributed by atoms with van der Waals surface area (Å²) >= 11 is 0. The molecule has 0 heterocycles. The Morgan fingerprint density at radius 1 is 1.47 bits per heavy atom. The average molecular weight is 212 g/mol. The summed E-state index contributed by atoms with van der Waals surface area (Å²) < 4.78 is 0. The molecule has 0 saturated heterocycles. The molecule has 3 nitrogen and oxygen atoms in total. The van der Waals surface area contributed by atoms with Crippen molar-refractivity contribution in [3.05, 3.63) is 0 Å². The van der Waals surface area contributed by atoms with Crippen LogP contribution in [-0.2, 0) is 4.79 Å². The van der Waals surface area contributed by atoms with E-state index in [2.05, 4.69) is 26.1 Å². The highest BCUT2D eigenvalue weighted by molar-refractivity contribution is 5.79. The van der Waals surface area contributed by atoms with E-state index >= 15 is 0 Å². The number of hydrogen-bond donors (Lipinski definition) is 2. The molecule has 0 aromatic carbocycles. The summed E-state index contributed by atoms with van der Waals surface area (Å²) in [5, 5.41) is 2.98. The lowest BCUT2D eigenvalue weighted by Gasteiger charge is -2.31. The highest BCUT2D eigenvalue weighted by atomic mass is 16.1. The molecule has 0 bridgehead atoms. The van der Waals surface area contributed by atoms with Crippen molar-refractivity contribution in [2.75, 3.05) is 6.54 Å². The molecule has 0 aromatic heterocycles. The quantitative estimate of drug-likeness (QED) is 0.745. The second kappa shape index (κ2) is 5.50. The number of hydrogen-bond acceptors (Lipinski definition) is 2. The molecule has 88 valence electrons. The molecule has 0 aliphatic heterocycles. The Balaban J connectivity index is 2.42. The molecule has 1 aliphatic rings. The van der Waals surface area contributed by atoms with Gasteiger partial charge < -0.3 is 11.1 Å². The molecule has 1 fully saturated rings. The monoisotopic (exact) mass is 212 g/mol. The number of carbonyl (C=O) groups is 1. The van der Waals surface area contributed by atoms with Gasteiger partial charge in [0.05, 0.1) is 5.92 Å². The highest BCUT2D eigenvalue weighted by Crippen LogP contribution is 2.27. The van der Waals surface area contributed by atoms with Crippen LogP contribution in [0, 0.1) is 17.8 Å². The maximum absolute atomic E-state index is 11.9. The predicted molar refractivity (Wildman–Crippen MR) is 62.3 cm³/mol. The average Bonchev–Trinajstić information content (AvgIpc) is 2.18. The summed E-state index contributed by atoms with van der Waals surface area (Å²) in [5.74, 6) is 1.33. The van der Waals surface area contributed by atoms with Crippen molar-refractivity contribution in [2.45, 2.75) is 46.1 Å². The van der Waals surface area contributed by atoms with Gasteiger partial charge in [0.2, 0.25) is 5.91 Å². The minimum Gasteiger partial charge on any atom is -0.356 e. The predicted octanol–water partition coefficient (Wildman–Crippen LogP) is 1.52. The molecule has 3 N–H and O–H groups in total. The zero-order valence-electron chi connectivity index (χ0n) is 10.1. The van der Waals surface area contributed by atoms with E-state index in [9.17, 15) is 4.79 Å². The van der Waals surface area contributed by atoms with Crippen molar-refractivity contribution in [1.29, 1.82) is 0 Å². The number of amides is 1. The van der Waals surface area contributed by atoms with Crippen LogP contribution < -0.4 is 11.1 Å². The van der Waals surface area contributed by atoms with Crippen molar-refractivity contribution in [3.8, 4) is 0 Å². The maximum atomic E-state index is 11.9. The van der Waals surface area contributed by atoms with E-state index in [4.69, 9.17) is 5.73 Å². The standard InChI is InChI=1S/C12H24N2O/c1-8(2)7-14-12(15)10-6-9(3)4-5-11(10)13/h8-11H,4-7,13H2,1-3H3,(H,14,15). The van der Waals surface area contributed by atoms with Crippen LogP contribution in [0.4, 0.5) is 0 Å². The van der Waals surface area contributed by atoms with Crippen molar-refractivity contribution in [2.24, 2.45) is 23.5 Å². The lowest BCUT2D eigenvalue weighted by atomic mass is 9.78. The fourth-order valence-corrected chi connectivity index (χ4v) is 2.14. The first-order chi connectivity index (χ1) is 7.00. The number of nitrogens with two attached hydrogens (primary N) is 1. The Morgan fingerprint density at radius 2 is 2.13 bits per heavy atom. The van der Waals surface area contributed by atoms with Crippen LogP contribution >= 0.6 is 0 Å². The summed E-state index contributed by atoms with van der Waals surface area (Å²) in [6.45, 7) is 7.17. The van der Waals surface area contributed by atoms with Crippen LogP contribution in [0.3, 0.4) is 0 Å². The minimum absolute atomic E-state index is 0.0347. The summed E-state index contributed by atoms with van der Waals surface area (Å²) in [5.41, 5.74) is 5.99. The SMILES string of the molecule is CC(C)CNC(=O)C1CC(C)CCC1N. The lowest BCUT2D eigenvalue weighted by Crippen LogP contribution is -2.45. The van der Waals surface area contributed by atoms with Gasteiger partial charge in [-0.15, -0.1) is 0 Å². The third-order valence-electron chi connectivity index (χ3n) is 3.19. The molecule has 1 rings (SSSR count). The second-order valence-electron chi connectivity index (χ2n) is 5.33. The van der Waals surface area contributed by atoms with Crippen LogP contribution in [0.15, 0.2) is 0 Å². The van der Waals surface area contributed by atoms with Crippen molar-refractivity contribution in [3.63, 3.8) is 0 Å². The lowest BCUT2D eigenvalue weighted by molar-refractivity contribution is -0.127. The van der Waals surface area contributed by atoms with Crippen LogP contribution in [0.5, 0.6) is 0 Å². The molecule has 3 heteroatoms. The molecule has 1 aliphatic carbocycles. The van der Waals surface area contributed by atoms with Gasteiger partial charge in [-0.2, -0.15) is 0 Å². The Hall–Kier alpha value is -0.570. The molecule has 0 aromatic rings. The van der Waals surface area contributed by atoms with Crippen molar-refractivity contribution in [1.82, 2.24) is 5.32 Å². The van der Waals surface area contributed by atoms with Gasteiger partial charge in [0, 0.05) is 12.6 Å². The van der Waals surface area contributed by atoms with Crippen LogP contribution in [0.2, 0.25) is 0 Å². The normalized spacial score (nSPS) is 31.7. The fraction of sp³-hybridized carbons (Fsp3) is 0.917. The summed E-state index contributed by atoms with van der Waals surface area (Å²) in [6, 6.07) is 0.0633. The zero-order chi connectivity index (χ0) is 11.4. The van der Waals surface area contributed by atoms with Gasteiger partial charge in [-0.05, 0) is 31.1 Å². The van der Waals surface area contributed by atoms with E-state index in [-0.39, 0.29) is 17.9 Å². The van der Waals surface area contributed by atoms with Gasteiger partial charge in [0.1, 0.15) is 0 Å². The molecule has 0 spiro atoms. The largest absolute Gasteiger partial charge is 0.356 e. The van der Waals surface area contributed by atoms with Gasteiger partial charge in [0.15, 0.2) is 0 Å². The smallest absolute Gasteiger partial charge is 0.224 e. The molecular weight excluding hydrogens is 188 g/mol. The number of rotatable bonds is 3. The first-order valence-electron chi connectivity index (χ1n) is 6.04. The van der Waals surface area contributed by atoms with Gasteiger partial charge in [-0.25, -0.2) is 0 Å². The van der Waals surface area contributed by atoms with E-state index in [1.165, 1.54) is 0 Å². The Kier molecular flexibility index (Phi) is 4.58. The molecule has 1 amide bonds. The maximum Gasteiger partial charge on any atom is 0.224 e. The Labute approximate surface area is 92.8 Å². The second-order valence-corrected chi connectivity index (χ2v) is 5.33. The third kappa shape index (κ3) is 3.82.